The summed E-state index contributed by atoms with van der Waals surface area (Å²) in [6, 6.07) is 9.64. The molecule has 3 rings (SSSR count). The van der Waals surface area contributed by atoms with E-state index in [0.717, 1.165) is 17.6 Å². The molecule has 1 aromatic carbocycles. The second-order valence-corrected chi connectivity index (χ2v) is 5.27. The molecule has 1 saturated carbocycles. The number of rotatable bonds is 3. The summed E-state index contributed by atoms with van der Waals surface area (Å²) in [6.45, 7) is 2.20. The average molecular weight is 256 g/mol. The first-order valence-corrected chi connectivity index (χ1v) is 6.64. The monoisotopic (exact) mass is 256 g/mol. The van der Waals surface area contributed by atoms with Crippen LogP contribution in [0, 0.1) is 11.3 Å². The summed E-state index contributed by atoms with van der Waals surface area (Å²) in [7, 11) is 0. The first-order valence-electron chi connectivity index (χ1n) is 6.64. The fraction of sp³-hybridized carbons (Fsp3) is 0.375. The van der Waals surface area contributed by atoms with Crippen LogP contribution in [0.15, 0.2) is 36.4 Å². The van der Waals surface area contributed by atoms with Gasteiger partial charge >= 0.3 is 5.97 Å². The molecule has 2 aliphatic carbocycles. The first kappa shape index (κ1) is 12.2. The van der Waals surface area contributed by atoms with Gasteiger partial charge in [0.05, 0.1) is 12.5 Å². The predicted molar refractivity (Wildman–Crippen MR) is 71.2 cm³/mol. The van der Waals surface area contributed by atoms with Crippen molar-refractivity contribution in [1.29, 1.82) is 0 Å². The fourth-order valence-corrected chi connectivity index (χ4v) is 2.91. The standard InChI is InChI=1S/C16H16O3/c1-2-19-15(18)13-9-16(13)8-12(14(17)10-16)11-6-4-3-5-7-11/h3-8,13H,2,9-10H2,1H3/t13-,16+/m1/s1. The Morgan fingerprint density at radius 2 is 2.11 bits per heavy atom. The van der Waals surface area contributed by atoms with E-state index < -0.39 is 0 Å². The Hall–Kier alpha value is -1.90. The van der Waals surface area contributed by atoms with Gasteiger partial charge in [0.25, 0.3) is 0 Å². The zero-order chi connectivity index (χ0) is 13.5. The lowest BCUT2D eigenvalue weighted by Crippen LogP contribution is -2.12. The summed E-state index contributed by atoms with van der Waals surface area (Å²) < 4.78 is 5.05. The molecular weight excluding hydrogens is 240 g/mol. The molecule has 2 atom stereocenters. The number of esters is 1. The van der Waals surface area contributed by atoms with Crippen LogP contribution in [-0.2, 0) is 14.3 Å². The maximum atomic E-state index is 12.1. The van der Waals surface area contributed by atoms with Crippen molar-refractivity contribution in [3.63, 3.8) is 0 Å². The van der Waals surface area contributed by atoms with Gasteiger partial charge in [-0.25, -0.2) is 0 Å². The second-order valence-electron chi connectivity index (χ2n) is 5.27. The van der Waals surface area contributed by atoms with E-state index in [2.05, 4.69) is 0 Å². The van der Waals surface area contributed by atoms with E-state index in [-0.39, 0.29) is 23.1 Å². The van der Waals surface area contributed by atoms with Crippen molar-refractivity contribution in [2.45, 2.75) is 19.8 Å². The van der Waals surface area contributed by atoms with E-state index in [1.165, 1.54) is 0 Å². The molecule has 0 aliphatic heterocycles. The molecule has 3 nitrogen and oxygen atoms in total. The van der Waals surface area contributed by atoms with Gasteiger partial charge in [-0.3, -0.25) is 9.59 Å². The Morgan fingerprint density at radius 1 is 1.37 bits per heavy atom. The molecular formula is C16H16O3. The number of carbonyl (C=O) groups excluding carboxylic acids is 2. The van der Waals surface area contributed by atoms with Crippen LogP contribution in [0.3, 0.4) is 0 Å². The third kappa shape index (κ3) is 1.99. The molecule has 0 heterocycles. The van der Waals surface area contributed by atoms with Gasteiger partial charge in [0.2, 0.25) is 0 Å². The number of hydrogen-bond donors (Lipinski definition) is 0. The number of ether oxygens (including phenoxy) is 1. The van der Waals surface area contributed by atoms with Crippen molar-refractivity contribution in [3.8, 4) is 0 Å². The number of carbonyl (C=O) groups is 2. The smallest absolute Gasteiger partial charge is 0.309 e. The summed E-state index contributed by atoms with van der Waals surface area (Å²) in [5, 5.41) is 0. The van der Waals surface area contributed by atoms with Gasteiger partial charge in [-0.2, -0.15) is 0 Å². The lowest BCUT2D eigenvalue weighted by atomic mass is 10.0. The number of ketones is 1. The van der Waals surface area contributed by atoms with Crippen molar-refractivity contribution in [2.75, 3.05) is 6.61 Å². The molecule has 0 amide bonds. The van der Waals surface area contributed by atoms with Gasteiger partial charge in [0, 0.05) is 17.4 Å². The van der Waals surface area contributed by atoms with Gasteiger partial charge in [0.1, 0.15) is 0 Å². The lowest BCUT2D eigenvalue weighted by molar-refractivity contribution is -0.145. The van der Waals surface area contributed by atoms with Gasteiger partial charge in [-0.15, -0.1) is 0 Å². The Labute approximate surface area is 112 Å². The second kappa shape index (κ2) is 4.34. The van der Waals surface area contributed by atoms with Crippen LogP contribution in [-0.4, -0.2) is 18.4 Å². The zero-order valence-corrected chi connectivity index (χ0v) is 10.9. The van der Waals surface area contributed by atoms with Gasteiger partial charge in [0.15, 0.2) is 5.78 Å². The van der Waals surface area contributed by atoms with Gasteiger partial charge in [-0.05, 0) is 18.9 Å². The SMILES string of the molecule is CCOC(=O)[C@H]1C[C@]12C=C(c1ccccc1)C(=O)C2. The Balaban J connectivity index is 1.84. The molecule has 98 valence electrons. The molecule has 0 aromatic heterocycles. The maximum absolute atomic E-state index is 12.1. The summed E-state index contributed by atoms with van der Waals surface area (Å²) in [4.78, 5) is 23.9. The van der Waals surface area contributed by atoms with Crippen molar-refractivity contribution < 1.29 is 14.3 Å². The van der Waals surface area contributed by atoms with Crippen LogP contribution in [0.2, 0.25) is 0 Å². The summed E-state index contributed by atoms with van der Waals surface area (Å²) in [6.07, 6.45) is 3.18. The van der Waals surface area contributed by atoms with Crippen molar-refractivity contribution in [2.24, 2.45) is 11.3 Å². The highest BCUT2D eigenvalue weighted by Crippen LogP contribution is 2.61. The molecule has 0 radical (unpaired) electrons. The number of Topliss-reactive ketones (excluding diaryl/α,β-unsaturated/α-hetero) is 1. The number of hydrogen-bond acceptors (Lipinski definition) is 3. The lowest BCUT2D eigenvalue weighted by Gasteiger charge is -2.04. The molecule has 19 heavy (non-hydrogen) atoms. The van der Waals surface area contributed by atoms with E-state index >= 15 is 0 Å². The van der Waals surface area contributed by atoms with Gasteiger partial charge in [-0.1, -0.05) is 36.4 Å². The highest BCUT2D eigenvalue weighted by Gasteiger charge is 2.61. The summed E-state index contributed by atoms with van der Waals surface area (Å²) in [5.74, 6) is -0.156. The Kier molecular flexibility index (Phi) is 2.77. The van der Waals surface area contributed by atoms with Crippen LogP contribution in [0.4, 0.5) is 0 Å². The molecule has 3 heteroatoms. The zero-order valence-electron chi connectivity index (χ0n) is 10.9. The van der Waals surface area contributed by atoms with Crippen LogP contribution in [0.25, 0.3) is 5.57 Å². The van der Waals surface area contributed by atoms with E-state index in [1.807, 2.05) is 36.4 Å². The third-order valence-corrected chi connectivity index (χ3v) is 4.00. The minimum Gasteiger partial charge on any atom is -0.466 e. The summed E-state index contributed by atoms with van der Waals surface area (Å²) in [5.41, 5.74) is 1.44. The average Bonchev–Trinajstić information content (AvgIpc) is 3.00. The highest BCUT2D eigenvalue weighted by molar-refractivity contribution is 6.24. The highest BCUT2D eigenvalue weighted by atomic mass is 16.5. The Bertz CT molecular complexity index is 559. The van der Waals surface area contributed by atoms with E-state index in [4.69, 9.17) is 4.74 Å². The predicted octanol–water partition coefficient (Wildman–Crippen LogP) is 2.61. The largest absolute Gasteiger partial charge is 0.466 e. The maximum Gasteiger partial charge on any atom is 0.309 e. The number of benzene rings is 1. The van der Waals surface area contributed by atoms with Crippen LogP contribution >= 0.6 is 0 Å². The van der Waals surface area contributed by atoms with Crippen molar-refractivity contribution in [1.82, 2.24) is 0 Å². The molecule has 1 spiro atoms. The molecule has 0 bridgehead atoms. The molecule has 0 unspecified atom stereocenters. The minimum atomic E-state index is -0.255. The normalized spacial score (nSPS) is 28.4. The van der Waals surface area contributed by atoms with Crippen LogP contribution < -0.4 is 0 Å². The third-order valence-electron chi connectivity index (χ3n) is 4.00. The van der Waals surface area contributed by atoms with Crippen molar-refractivity contribution >= 4 is 17.3 Å². The summed E-state index contributed by atoms with van der Waals surface area (Å²) >= 11 is 0. The van der Waals surface area contributed by atoms with Crippen molar-refractivity contribution in [3.05, 3.63) is 42.0 Å². The minimum absolute atomic E-state index is 0.127. The van der Waals surface area contributed by atoms with Gasteiger partial charge < -0.3 is 4.74 Å². The van der Waals surface area contributed by atoms with E-state index in [1.54, 1.807) is 6.92 Å². The molecule has 0 N–H and O–H groups in total. The fourth-order valence-electron chi connectivity index (χ4n) is 2.91. The molecule has 0 saturated heterocycles. The number of allylic oxidation sites excluding steroid dienone is 2. The first-order chi connectivity index (χ1) is 9.16. The Morgan fingerprint density at radius 3 is 2.79 bits per heavy atom. The molecule has 1 fully saturated rings. The topological polar surface area (TPSA) is 43.4 Å². The van der Waals surface area contributed by atoms with E-state index in [0.29, 0.717) is 13.0 Å². The van der Waals surface area contributed by atoms with Crippen LogP contribution in [0.1, 0.15) is 25.3 Å². The molecule has 1 aromatic rings. The quantitative estimate of drug-likeness (QED) is 0.781. The molecule has 2 aliphatic rings. The van der Waals surface area contributed by atoms with E-state index in [9.17, 15) is 9.59 Å². The van der Waals surface area contributed by atoms with Crippen LogP contribution in [0.5, 0.6) is 0 Å².